The van der Waals surface area contributed by atoms with Crippen LogP contribution in [0.25, 0.3) is 0 Å². The van der Waals surface area contributed by atoms with Crippen molar-refractivity contribution < 1.29 is 19.4 Å². The minimum Gasteiger partial charge on any atom is -0.504 e. The number of amides is 1. The number of methoxy groups -OCH3 is 1. The van der Waals surface area contributed by atoms with Crippen molar-refractivity contribution in [1.29, 1.82) is 0 Å². The molecule has 0 spiro atoms. The Labute approximate surface area is 173 Å². The summed E-state index contributed by atoms with van der Waals surface area (Å²) in [6.45, 7) is 0.686. The summed E-state index contributed by atoms with van der Waals surface area (Å²) in [5.41, 5.74) is 3.44. The highest BCUT2D eigenvalue weighted by atomic mass is 79.9. The van der Waals surface area contributed by atoms with Crippen LogP contribution in [0.3, 0.4) is 0 Å². The van der Waals surface area contributed by atoms with Crippen molar-refractivity contribution in [2.75, 3.05) is 13.7 Å². The smallest absolute Gasteiger partial charge is 0.226 e. The van der Waals surface area contributed by atoms with E-state index in [-0.39, 0.29) is 23.6 Å². The zero-order valence-electron chi connectivity index (χ0n) is 16.2. The van der Waals surface area contributed by atoms with Gasteiger partial charge in [-0.2, -0.15) is 0 Å². The summed E-state index contributed by atoms with van der Waals surface area (Å²) in [7, 11) is 1.53. The number of aromatic hydroxyl groups is 1. The molecule has 150 valence electrons. The Morgan fingerprint density at radius 3 is 2.75 bits per heavy atom. The summed E-state index contributed by atoms with van der Waals surface area (Å²) in [5.74, 6) is 1.24. The van der Waals surface area contributed by atoms with Crippen LogP contribution in [-0.4, -0.2) is 41.4 Å². The molecule has 5 nitrogen and oxygen atoms in total. The zero-order chi connectivity index (χ0) is 19.8. The van der Waals surface area contributed by atoms with E-state index in [0.717, 1.165) is 42.1 Å². The molecule has 1 aliphatic heterocycles. The van der Waals surface area contributed by atoms with E-state index in [4.69, 9.17) is 4.74 Å². The SMILES string of the molecule is COc1cc(Br)c(CC2C3=C(CCN2C(=O)C2CCC2)CC(=O)CC3)cc1O. The van der Waals surface area contributed by atoms with Crippen LogP contribution in [0.2, 0.25) is 0 Å². The summed E-state index contributed by atoms with van der Waals surface area (Å²) in [6.07, 6.45) is 6.39. The normalized spacial score (nSPS) is 22.7. The Morgan fingerprint density at radius 1 is 1.29 bits per heavy atom. The van der Waals surface area contributed by atoms with Crippen molar-refractivity contribution in [3.63, 3.8) is 0 Å². The molecule has 1 unspecified atom stereocenters. The second kappa shape index (κ2) is 7.90. The number of hydrogen-bond donors (Lipinski definition) is 1. The molecular weight excluding hydrogens is 422 g/mol. The van der Waals surface area contributed by atoms with Crippen LogP contribution in [0, 0.1) is 5.92 Å². The lowest BCUT2D eigenvalue weighted by Crippen LogP contribution is -2.50. The predicted octanol–water partition coefficient (Wildman–Crippen LogP) is 4.16. The molecule has 1 saturated carbocycles. The minimum atomic E-state index is -0.0333. The highest BCUT2D eigenvalue weighted by molar-refractivity contribution is 9.10. The molecule has 1 aromatic rings. The van der Waals surface area contributed by atoms with Gasteiger partial charge in [-0.05, 0) is 55.4 Å². The summed E-state index contributed by atoms with van der Waals surface area (Å²) in [5, 5.41) is 10.2. The molecule has 4 rings (SSSR count). The Bertz CT molecular complexity index is 843. The number of ketones is 1. The third kappa shape index (κ3) is 3.59. The standard InChI is InChI=1S/C22H26BrNO4/c1-28-21-12-18(23)15(11-20(21)26)10-19-17-6-5-16(25)9-14(17)7-8-24(19)22(27)13-3-2-4-13/h11-13,19,26H,2-10H2,1H3. The predicted molar refractivity (Wildman–Crippen MR) is 109 cm³/mol. The average molecular weight is 448 g/mol. The number of hydrogen-bond acceptors (Lipinski definition) is 4. The molecule has 6 heteroatoms. The number of benzene rings is 1. The fourth-order valence-electron chi connectivity index (χ4n) is 4.64. The quantitative estimate of drug-likeness (QED) is 0.703. The van der Waals surface area contributed by atoms with Gasteiger partial charge in [0, 0.05) is 29.8 Å². The Balaban J connectivity index is 1.68. The van der Waals surface area contributed by atoms with Gasteiger partial charge in [0.15, 0.2) is 11.5 Å². The van der Waals surface area contributed by atoms with Crippen molar-refractivity contribution in [3.05, 3.63) is 33.3 Å². The largest absolute Gasteiger partial charge is 0.504 e. The molecule has 1 aromatic carbocycles. The first kappa shape index (κ1) is 19.5. The third-order valence-electron chi connectivity index (χ3n) is 6.47. The highest BCUT2D eigenvalue weighted by Crippen LogP contribution is 2.40. The van der Waals surface area contributed by atoms with Crippen LogP contribution in [0.5, 0.6) is 11.5 Å². The number of carbonyl (C=O) groups is 2. The molecular formula is C22H26BrNO4. The van der Waals surface area contributed by atoms with Gasteiger partial charge in [-0.1, -0.05) is 27.9 Å². The van der Waals surface area contributed by atoms with Crippen molar-refractivity contribution in [2.24, 2.45) is 5.92 Å². The van der Waals surface area contributed by atoms with Crippen molar-refractivity contribution in [1.82, 2.24) is 4.90 Å². The maximum atomic E-state index is 13.1. The zero-order valence-corrected chi connectivity index (χ0v) is 17.8. The van der Waals surface area contributed by atoms with Gasteiger partial charge in [-0.3, -0.25) is 9.59 Å². The molecule has 0 aromatic heterocycles. The molecule has 1 N–H and O–H groups in total. The van der Waals surface area contributed by atoms with E-state index >= 15 is 0 Å². The molecule has 1 atom stereocenters. The van der Waals surface area contributed by atoms with Gasteiger partial charge in [-0.25, -0.2) is 0 Å². The van der Waals surface area contributed by atoms with Gasteiger partial charge < -0.3 is 14.7 Å². The summed E-state index contributed by atoms with van der Waals surface area (Å²) >= 11 is 3.59. The Hall–Kier alpha value is -1.82. The molecule has 3 aliphatic rings. The molecule has 1 heterocycles. The van der Waals surface area contributed by atoms with Crippen LogP contribution in [0.1, 0.15) is 50.5 Å². The second-order valence-corrected chi connectivity index (χ2v) is 8.94. The Kier molecular flexibility index (Phi) is 5.50. The van der Waals surface area contributed by atoms with Crippen molar-refractivity contribution in [3.8, 4) is 11.5 Å². The minimum absolute atomic E-state index is 0.0333. The first-order valence-corrected chi connectivity index (χ1v) is 10.9. The lowest BCUT2D eigenvalue weighted by Gasteiger charge is -2.43. The topological polar surface area (TPSA) is 66.8 Å². The van der Waals surface area contributed by atoms with E-state index in [1.54, 1.807) is 12.1 Å². The van der Waals surface area contributed by atoms with Gasteiger partial charge in [0.05, 0.1) is 13.2 Å². The number of ether oxygens (including phenoxy) is 1. The van der Waals surface area contributed by atoms with E-state index in [2.05, 4.69) is 15.9 Å². The highest BCUT2D eigenvalue weighted by Gasteiger charge is 2.39. The molecule has 0 bridgehead atoms. The number of phenols is 1. The first-order chi connectivity index (χ1) is 13.5. The average Bonchev–Trinajstić information content (AvgIpc) is 2.62. The van der Waals surface area contributed by atoms with Gasteiger partial charge in [-0.15, -0.1) is 0 Å². The summed E-state index contributed by atoms with van der Waals surface area (Å²) < 4.78 is 6.05. The van der Waals surface area contributed by atoms with Crippen molar-refractivity contribution in [2.45, 2.75) is 57.4 Å². The summed E-state index contributed by atoms with van der Waals surface area (Å²) in [6, 6.07) is 3.46. The molecule has 2 aliphatic carbocycles. The van der Waals surface area contributed by atoms with Crippen LogP contribution >= 0.6 is 15.9 Å². The van der Waals surface area contributed by atoms with E-state index < -0.39 is 0 Å². The molecule has 1 fully saturated rings. The van der Waals surface area contributed by atoms with Gasteiger partial charge in [0.1, 0.15) is 5.78 Å². The first-order valence-electron chi connectivity index (χ1n) is 10.1. The number of nitrogens with zero attached hydrogens (tertiary/aromatic N) is 1. The second-order valence-electron chi connectivity index (χ2n) is 8.09. The number of phenolic OH excluding ortho intramolecular Hbond substituents is 1. The molecule has 28 heavy (non-hydrogen) atoms. The van der Waals surface area contributed by atoms with Gasteiger partial charge in [0.25, 0.3) is 0 Å². The molecule has 0 radical (unpaired) electrons. The lowest BCUT2D eigenvalue weighted by atomic mass is 9.78. The van der Waals surface area contributed by atoms with E-state index in [9.17, 15) is 14.7 Å². The number of Topliss-reactive ketones (excluding diaryl/α,β-unsaturated/α-hetero) is 1. The fourth-order valence-corrected chi connectivity index (χ4v) is 5.13. The molecule has 0 saturated heterocycles. The fraction of sp³-hybridized carbons (Fsp3) is 0.545. The Morgan fingerprint density at radius 2 is 2.07 bits per heavy atom. The number of halogens is 1. The number of carbonyl (C=O) groups excluding carboxylic acids is 2. The van der Waals surface area contributed by atoms with E-state index in [1.165, 1.54) is 18.3 Å². The maximum Gasteiger partial charge on any atom is 0.226 e. The number of rotatable bonds is 4. The van der Waals surface area contributed by atoms with Crippen LogP contribution in [0.4, 0.5) is 0 Å². The van der Waals surface area contributed by atoms with Crippen LogP contribution < -0.4 is 4.74 Å². The monoisotopic (exact) mass is 447 g/mol. The third-order valence-corrected chi connectivity index (χ3v) is 7.21. The maximum absolute atomic E-state index is 13.1. The lowest BCUT2D eigenvalue weighted by molar-refractivity contribution is -0.140. The van der Waals surface area contributed by atoms with Gasteiger partial charge in [0.2, 0.25) is 5.91 Å². The van der Waals surface area contributed by atoms with Crippen LogP contribution in [0.15, 0.2) is 27.8 Å². The summed E-state index contributed by atoms with van der Waals surface area (Å²) in [4.78, 5) is 27.1. The van der Waals surface area contributed by atoms with Crippen molar-refractivity contribution >= 4 is 27.6 Å². The van der Waals surface area contributed by atoms with E-state index in [1.807, 2.05) is 4.90 Å². The molecule has 1 amide bonds. The van der Waals surface area contributed by atoms with E-state index in [0.29, 0.717) is 37.3 Å². The van der Waals surface area contributed by atoms with Crippen LogP contribution in [-0.2, 0) is 16.0 Å². The van der Waals surface area contributed by atoms with Gasteiger partial charge >= 0.3 is 0 Å².